The SMILES string of the molecule is Cn1c(C([C@@H]2CCCc3ccccc32)(N2CCCCCC2)N2CCCCCC2)c(Br)c(=O)n1-c1ccccc1. The number of hydrogen-bond acceptors (Lipinski definition) is 3. The van der Waals surface area contributed by atoms with Crippen molar-refractivity contribution in [1.29, 1.82) is 0 Å². The molecule has 208 valence electrons. The first-order valence-corrected chi connectivity index (χ1v) is 16.0. The summed E-state index contributed by atoms with van der Waals surface area (Å²) in [7, 11) is 2.12. The first-order chi connectivity index (χ1) is 19.1. The summed E-state index contributed by atoms with van der Waals surface area (Å²) in [5.41, 5.74) is 4.69. The fourth-order valence-corrected chi connectivity index (χ4v) is 8.65. The Morgan fingerprint density at radius 1 is 0.744 bits per heavy atom. The van der Waals surface area contributed by atoms with Gasteiger partial charge in [0.1, 0.15) is 10.1 Å². The van der Waals surface area contributed by atoms with E-state index < -0.39 is 5.66 Å². The van der Waals surface area contributed by atoms with Gasteiger partial charge in [0.25, 0.3) is 5.56 Å². The smallest absolute Gasteiger partial charge is 0.281 e. The van der Waals surface area contributed by atoms with Crippen LogP contribution in [-0.2, 0) is 19.1 Å². The molecule has 6 rings (SSSR count). The van der Waals surface area contributed by atoms with Crippen LogP contribution in [0.4, 0.5) is 0 Å². The summed E-state index contributed by atoms with van der Waals surface area (Å²) in [6.45, 7) is 4.30. The van der Waals surface area contributed by atoms with Crippen LogP contribution in [0.25, 0.3) is 5.69 Å². The Labute approximate surface area is 241 Å². The summed E-state index contributed by atoms with van der Waals surface area (Å²) in [6.07, 6.45) is 13.5. The number of likely N-dealkylation sites (tertiary alicyclic amines) is 2. The van der Waals surface area contributed by atoms with Gasteiger partial charge < -0.3 is 0 Å². The molecular formula is C33H43BrN4O. The van der Waals surface area contributed by atoms with Gasteiger partial charge in [-0.2, -0.15) is 0 Å². The Balaban J connectivity index is 1.67. The zero-order valence-corrected chi connectivity index (χ0v) is 25.0. The van der Waals surface area contributed by atoms with Crippen LogP contribution in [0.1, 0.15) is 86.9 Å². The van der Waals surface area contributed by atoms with Crippen molar-refractivity contribution in [3.05, 3.63) is 86.2 Å². The zero-order chi connectivity index (χ0) is 26.8. The van der Waals surface area contributed by atoms with Gasteiger partial charge in [0.2, 0.25) is 0 Å². The van der Waals surface area contributed by atoms with Crippen LogP contribution in [-0.4, -0.2) is 45.3 Å². The minimum absolute atomic E-state index is 0.0387. The average Bonchev–Trinajstić information content (AvgIpc) is 3.31. The summed E-state index contributed by atoms with van der Waals surface area (Å²) in [4.78, 5) is 19.8. The van der Waals surface area contributed by atoms with Crippen molar-refractivity contribution in [3.8, 4) is 5.69 Å². The highest BCUT2D eigenvalue weighted by Gasteiger charge is 2.54. The normalized spacial score (nSPS) is 21.7. The molecule has 3 heterocycles. The van der Waals surface area contributed by atoms with Gasteiger partial charge >= 0.3 is 0 Å². The van der Waals surface area contributed by atoms with Gasteiger partial charge in [-0.15, -0.1) is 0 Å². The molecule has 0 N–H and O–H groups in total. The second kappa shape index (κ2) is 11.8. The molecule has 0 amide bonds. The monoisotopic (exact) mass is 590 g/mol. The summed E-state index contributed by atoms with van der Waals surface area (Å²) in [5.74, 6) is 0.298. The molecule has 0 unspecified atom stereocenters. The van der Waals surface area contributed by atoms with Gasteiger partial charge in [0.05, 0.1) is 11.4 Å². The molecular weight excluding hydrogens is 548 g/mol. The van der Waals surface area contributed by atoms with Crippen molar-refractivity contribution < 1.29 is 0 Å². The van der Waals surface area contributed by atoms with E-state index >= 15 is 0 Å². The summed E-state index contributed by atoms with van der Waals surface area (Å²) < 4.78 is 4.82. The Bertz CT molecular complexity index is 1290. The quantitative estimate of drug-likeness (QED) is 0.322. The van der Waals surface area contributed by atoms with Crippen LogP contribution < -0.4 is 5.56 Å². The number of halogens is 1. The number of aromatic nitrogens is 2. The lowest BCUT2D eigenvalue weighted by molar-refractivity contribution is -0.0951. The van der Waals surface area contributed by atoms with E-state index in [1.165, 1.54) is 68.9 Å². The van der Waals surface area contributed by atoms with Gasteiger partial charge in [-0.25, -0.2) is 4.68 Å². The van der Waals surface area contributed by atoms with E-state index in [0.717, 1.165) is 54.9 Å². The van der Waals surface area contributed by atoms with E-state index in [9.17, 15) is 4.79 Å². The molecule has 5 nitrogen and oxygen atoms in total. The molecule has 3 aromatic rings. The molecule has 2 saturated heterocycles. The summed E-state index contributed by atoms with van der Waals surface area (Å²) >= 11 is 3.96. The van der Waals surface area contributed by atoms with Crippen molar-refractivity contribution in [3.63, 3.8) is 0 Å². The third kappa shape index (κ3) is 4.76. The zero-order valence-electron chi connectivity index (χ0n) is 23.5. The fourth-order valence-electron chi connectivity index (χ4n) is 7.93. The van der Waals surface area contributed by atoms with E-state index in [1.807, 2.05) is 35.0 Å². The Morgan fingerprint density at radius 3 is 1.92 bits per heavy atom. The first kappa shape index (κ1) is 27.0. The lowest BCUT2D eigenvalue weighted by Gasteiger charge is -2.56. The molecule has 6 heteroatoms. The number of rotatable bonds is 5. The number of fused-ring (bicyclic) bond motifs is 1. The highest BCUT2D eigenvalue weighted by Crippen LogP contribution is 2.52. The predicted molar refractivity (Wildman–Crippen MR) is 163 cm³/mol. The molecule has 0 radical (unpaired) electrons. The minimum atomic E-state index is -0.391. The van der Waals surface area contributed by atoms with E-state index in [-0.39, 0.29) is 5.56 Å². The van der Waals surface area contributed by atoms with Crippen molar-refractivity contribution in [1.82, 2.24) is 19.2 Å². The number of hydrogen-bond donors (Lipinski definition) is 0. The van der Waals surface area contributed by atoms with Gasteiger partial charge in [-0.1, -0.05) is 68.1 Å². The van der Waals surface area contributed by atoms with Gasteiger partial charge in [0, 0.05) is 39.1 Å². The third-order valence-electron chi connectivity index (χ3n) is 9.59. The standard InChI is InChI=1S/C33H43BrN4O/c1-35-31(30(34)32(39)38(35)27-18-7-6-8-19-27)33(36-22-11-2-3-12-23-36,37-24-13-4-5-14-25-37)29-21-15-17-26-16-9-10-20-28(26)29/h6-10,16,18-20,29H,2-5,11-15,17,21-25H2,1H3/t29-/m1/s1. The lowest BCUT2D eigenvalue weighted by Crippen LogP contribution is -2.63. The topological polar surface area (TPSA) is 33.4 Å². The number of benzene rings is 2. The second-order valence-corrected chi connectivity index (χ2v) is 12.6. The number of para-hydroxylation sites is 1. The van der Waals surface area contributed by atoms with Crippen molar-refractivity contribution in [2.24, 2.45) is 7.05 Å². The maximum Gasteiger partial charge on any atom is 0.286 e. The average molecular weight is 592 g/mol. The lowest BCUT2D eigenvalue weighted by atomic mass is 9.72. The van der Waals surface area contributed by atoms with Gasteiger partial charge in [-0.3, -0.25) is 19.3 Å². The van der Waals surface area contributed by atoms with E-state index in [1.54, 1.807) is 0 Å². The molecule has 1 aliphatic carbocycles. The van der Waals surface area contributed by atoms with Gasteiger partial charge in [-0.05, 0) is 84.1 Å². The highest BCUT2D eigenvalue weighted by molar-refractivity contribution is 9.10. The molecule has 1 atom stereocenters. The van der Waals surface area contributed by atoms with E-state index in [0.29, 0.717) is 5.92 Å². The Hall–Kier alpha value is -2.15. The first-order valence-electron chi connectivity index (χ1n) is 15.3. The van der Waals surface area contributed by atoms with Crippen molar-refractivity contribution in [2.75, 3.05) is 26.2 Å². The maximum atomic E-state index is 14.1. The molecule has 2 fully saturated rings. The van der Waals surface area contributed by atoms with Crippen LogP contribution in [0.15, 0.2) is 63.9 Å². The summed E-state index contributed by atoms with van der Waals surface area (Å²) in [6, 6.07) is 19.3. The maximum absolute atomic E-state index is 14.1. The molecule has 0 saturated carbocycles. The van der Waals surface area contributed by atoms with Crippen molar-refractivity contribution >= 4 is 15.9 Å². The molecule has 2 aliphatic heterocycles. The van der Waals surface area contributed by atoms with E-state index in [4.69, 9.17) is 0 Å². The van der Waals surface area contributed by atoms with Crippen LogP contribution in [0, 0.1) is 0 Å². The molecule has 0 spiro atoms. The molecule has 2 aromatic carbocycles. The second-order valence-electron chi connectivity index (χ2n) is 11.8. The summed E-state index contributed by atoms with van der Waals surface area (Å²) in [5, 5.41) is 0. The predicted octanol–water partition coefficient (Wildman–Crippen LogP) is 6.96. The molecule has 1 aromatic heterocycles. The Morgan fingerprint density at radius 2 is 1.31 bits per heavy atom. The Kier molecular flexibility index (Phi) is 8.15. The molecule has 39 heavy (non-hydrogen) atoms. The third-order valence-corrected chi connectivity index (χ3v) is 10.3. The van der Waals surface area contributed by atoms with Crippen LogP contribution in [0.3, 0.4) is 0 Å². The van der Waals surface area contributed by atoms with E-state index in [2.05, 4.69) is 61.7 Å². The van der Waals surface area contributed by atoms with Gasteiger partial charge in [0.15, 0.2) is 0 Å². The highest BCUT2D eigenvalue weighted by atomic mass is 79.9. The molecule has 0 bridgehead atoms. The minimum Gasteiger partial charge on any atom is -0.281 e. The number of aryl methyl sites for hydroxylation is 1. The fraction of sp³-hybridized carbons (Fsp3) is 0.545. The van der Waals surface area contributed by atoms with Crippen LogP contribution in [0.2, 0.25) is 0 Å². The van der Waals surface area contributed by atoms with Crippen LogP contribution >= 0.6 is 15.9 Å². The molecule has 3 aliphatic rings. The largest absolute Gasteiger partial charge is 0.286 e. The number of nitrogens with zero attached hydrogens (tertiary/aromatic N) is 4. The van der Waals surface area contributed by atoms with Crippen molar-refractivity contribution in [2.45, 2.75) is 82.2 Å². The van der Waals surface area contributed by atoms with Crippen LogP contribution in [0.5, 0.6) is 0 Å².